The molecule has 6 aromatic rings. The molecular weight excluding hydrogens is 1270 g/mol. The summed E-state index contributed by atoms with van der Waals surface area (Å²) in [6, 6.07) is 38.1. The normalized spacial score (nSPS) is 18.7. The van der Waals surface area contributed by atoms with E-state index in [1.54, 1.807) is 72.8 Å². The highest BCUT2D eigenvalue weighted by Gasteiger charge is 2.88. The van der Waals surface area contributed by atoms with Crippen molar-refractivity contribution < 1.29 is 58.3 Å². The molecule has 7 rings (SSSR count). The monoisotopic (exact) mass is 1390 g/mol. The van der Waals surface area contributed by atoms with Crippen molar-refractivity contribution in [3.8, 4) is 0 Å². The smallest absolute Gasteiger partial charge is 0.339 e. The number of ether oxygens (including phenoxy) is 3. The third-order valence-electron chi connectivity index (χ3n) is 20.9. The van der Waals surface area contributed by atoms with Crippen LogP contribution in [0.2, 0.25) is 0 Å². The number of hydrogen-bond donors (Lipinski definition) is 3. The van der Waals surface area contributed by atoms with Crippen LogP contribution in [-0.2, 0) is 52.7 Å². The summed E-state index contributed by atoms with van der Waals surface area (Å²) in [6.45, 7) is 12.9. The molecule has 12 heteroatoms. The van der Waals surface area contributed by atoms with Crippen molar-refractivity contribution >= 4 is 35.3 Å². The van der Waals surface area contributed by atoms with Gasteiger partial charge in [0.15, 0.2) is 0 Å². The van der Waals surface area contributed by atoms with Crippen LogP contribution in [0.15, 0.2) is 146 Å². The second-order valence-corrected chi connectivity index (χ2v) is 28.9. The number of aliphatic hydroxyl groups is 3. The Morgan fingerprint density at radius 1 is 0.255 bits per heavy atom. The topological polar surface area (TPSA) is 191 Å². The maximum Gasteiger partial charge on any atom is 0.339 e. The molecule has 12 nitrogen and oxygen atoms in total. The van der Waals surface area contributed by atoms with E-state index >= 15 is 28.8 Å². The molecule has 1 aliphatic rings. The maximum absolute atomic E-state index is 17.8. The Labute approximate surface area is 610 Å². The molecule has 0 amide bonds. The summed E-state index contributed by atoms with van der Waals surface area (Å²) in [6.07, 6.45) is 25.4. The van der Waals surface area contributed by atoms with E-state index in [2.05, 4.69) is 41.5 Å². The number of carbonyl (C=O) groups excluding carboxylic acids is 6. The standard InChI is InChI=1S/C90H120O12/c1-7-13-19-25-31-37-67-43-55-73(56-44-67)80(92)88(100-85(97)76-61-49-70(50-62-76)40-34-28-22-16-10-4)83(95)79(91)84(96)89(81(93)74-57-45-68(46-58-74)38-32-26-20-14-8-2,101-86(98)77-63-51-71(52-64-77)41-35-29-23-17-11-5)90(88,82(94)75-59-47-69(48-60-75)39-33-27-21-15-9-3)102-87(99)78-65-53-72(54-66-78)42-36-30-24-18-12-6/h43-66,79,83-84,91,95-96H,7-42H2,1-6H3/t79-,83-,84+,88+,89-,90-. The zero-order valence-corrected chi connectivity index (χ0v) is 62.6. The van der Waals surface area contributed by atoms with E-state index in [4.69, 9.17) is 14.2 Å². The predicted molar refractivity (Wildman–Crippen MR) is 409 cm³/mol. The lowest BCUT2D eigenvalue weighted by Crippen LogP contribution is -2.91. The molecule has 552 valence electrons. The molecule has 0 bridgehead atoms. The number of unbranched alkanes of at least 4 members (excludes halogenated alkanes) is 24. The predicted octanol–water partition coefficient (Wildman–Crippen LogP) is 20.6. The van der Waals surface area contributed by atoms with Crippen molar-refractivity contribution in [2.75, 3.05) is 0 Å². The highest BCUT2D eigenvalue weighted by molar-refractivity contribution is 6.21. The van der Waals surface area contributed by atoms with E-state index in [1.165, 1.54) is 72.8 Å². The van der Waals surface area contributed by atoms with Crippen LogP contribution in [0.1, 0.15) is 330 Å². The van der Waals surface area contributed by atoms with Crippen molar-refractivity contribution in [2.45, 2.75) is 308 Å². The van der Waals surface area contributed by atoms with Gasteiger partial charge in [0.05, 0.1) is 16.7 Å². The van der Waals surface area contributed by atoms with E-state index in [-0.39, 0.29) is 33.4 Å². The maximum atomic E-state index is 17.8. The fourth-order valence-corrected chi connectivity index (χ4v) is 14.6. The molecule has 1 aliphatic carbocycles. The first-order valence-electron chi connectivity index (χ1n) is 39.5. The van der Waals surface area contributed by atoms with Crippen LogP contribution in [-0.4, -0.2) is 85.7 Å². The third kappa shape index (κ3) is 21.6. The lowest BCUT2D eigenvalue weighted by atomic mass is 9.52. The summed E-state index contributed by atoms with van der Waals surface area (Å²) in [7, 11) is 0. The van der Waals surface area contributed by atoms with E-state index in [0.717, 1.165) is 226 Å². The van der Waals surface area contributed by atoms with Gasteiger partial charge in [0.1, 0.15) is 18.3 Å². The molecule has 0 radical (unpaired) electrons. The van der Waals surface area contributed by atoms with Gasteiger partial charge in [-0.3, -0.25) is 14.4 Å². The first-order valence-corrected chi connectivity index (χ1v) is 39.5. The third-order valence-corrected chi connectivity index (χ3v) is 20.9. The van der Waals surface area contributed by atoms with Gasteiger partial charge >= 0.3 is 17.9 Å². The van der Waals surface area contributed by atoms with E-state index in [1.807, 2.05) is 0 Å². The van der Waals surface area contributed by atoms with Gasteiger partial charge in [-0.05, 0) is 147 Å². The minimum atomic E-state index is -4.01. The quantitative estimate of drug-likeness (QED) is 0.0142. The zero-order chi connectivity index (χ0) is 73.2. The van der Waals surface area contributed by atoms with Crippen molar-refractivity contribution in [1.82, 2.24) is 0 Å². The van der Waals surface area contributed by atoms with Crippen molar-refractivity contribution in [1.29, 1.82) is 0 Å². The van der Waals surface area contributed by atoms with Crippen molar-refractivity contribution in [2.24, 2.45) is 0 Å². The molecule has 0 aromatic heterocycles. The molecule has 1 saturated carbocycles. The summed E-state index contributed by atoms with van der Waals surface area (Å²) in [5.41, 5.74) is -8.14. The van der Waals surface area contributed by atoms with Gasteiger partial charge in [0.25, 0.3) is 16.8 Å². The van der Waals surface area contributed by atoms with Gasteiger partial charge in [-0.15, -0.1) is 0 Å². The van der Waals surface area contributed by atoms with Gasteiger partial charge in [-0.1, -0.05) is 305 Å². The Kier molecular flexibility index (Phi) is 34.6. The fourth-order valence-electron chi connectivity index (χ4n) is 14.6. The molecule has 0 unspecified atom stereocenters. The van der Waals surface area contributed by atoms with Crippen LogP contribution in [0.5, 0.6) is 0 Å². The average Bonchev–Trinajstić information content (AvgIpc) is 0.659. The van der Waals surface area contributed by atoms with Crippen LogP contribution in [0.4, 0.5) is 0 Å². The minimum Gasteiger partial charge on any atom is -0.439 e. The first-order chi connectivity index (χ1) is 49.6. The Hall–Kier alpha value is -7.38. The lowest BCUT2D eigenvalue weighted by molar-refractivity contribution is -0.293. The molecule has 1 fully saturated rings. The van der Waals surface area contributed by atoms with Gasteiger partial charge in [0, 0.05) is 16.7 Å². The summed E-state index contributed by atoms with van der Waals surface area (Å²) in [5.74, 6) is -8.37. The lowest BCUT2D eigenvalue weighted by Gasteiger charge is -2.60. The Bertz CT molecular complexity index is 3320. The minimum absolute atomic E-state index is 0.186. The Morgan fingerprint density at radius 3 is 0.657 bits per heavy atom. The number of ketones is 3. The summed E-state index contributed by atoms with van der Waals surface area (Å²) < 4.78 is 20.7. The summed E-state index contributed by atoms with van der Waals surface area (Å²) in [5, 5.41) is 40.8. The number of esters is 3. The number of aryl methyl sites for hydroxylation is 6. The molecule has 0 aliphatic heterocycles. The first kappa shape index (κ1) is 81.9. The molecule has 3 N–H and O–H groups in total. The largest absolute Gasteiger partial charge is 0.439 e. The number of rotatable bonds is 48. The van der Waals surface area contributed by atoms with Crippen LogP contribution >= 0.6 is 0 Å². The summed E-state index contributed by atoms with van der Waals surface area (Å²) in [4.78, 5) is 101. The number of carbonyl (C=O) groups is 6. The van der Waals surface area contributed by atoms with Gasteiger partial charge in [0.2, 0.25) is 17.3 Å². The van der Waals surface area contributed by atoms with Crippen molar-refractivity contribution in [3.05, 3.63) is 212 Å². The highest BCUT2D eigenvalue weighted by atomic mass is 16.7. The highest BCUT2D eigenvalue weighted by Crippen LogP contribution is 2.56. The molecular formula is C90H120O12. The number of Topliss-reactive ketones (excluding diaryl/α,β-unsaturated/α-hetero) is 3. The van der Waals surface area contributed by atoms with Gasteiger partial charge in [-0.2, -0.15) is 0 Å². The van der Waals surface area contributed by atoms with Crippen LogP contribution in [0.3, 0.4) is 0 Å². The van der Waals surface area contributed by atoms with Gasteiger partial charge < -0.3 is 29.5 Å². The second-order valence-electron chi connectivity index (χ2n) is 28.9. The Balaban J connectivity index is 1.59. The van der Waals surface area contributed by atoms with E-state index in [9.17, 15) is 15.3 Å². The van der Waals surface area contributed by atoms with Crippen LogP contribution in [0.25, 0.3) is 0 Å². The van der Waals surface area contributed by atoms with Crippen molar-refractivity contribution in [3.63, 3.8) is 0 Å². The molecule has 0 spiro atoms. The molecule has 6 aromatic carbocycles. The number of benzene rings is 6. The number of hydrogen-bond acceptors (Lipinski definition) is 12. The zero-order valence-electron chi connectivity index (χ0n) is 62.6. The van der Waals surface area contributed by atoms with Crippen LogP contribution < -0.4 is 0 Å². The summed E-state index contributed by atoms with van der Waals surface area (Å²) >= 11 is 0. The molecule has 102 heavy (non-hydrogen) atoms. The van der Waals surface area contributed by atoms with Gasteiger partial charge in [-0.25, -0.2) is 14.4 Å². The molecule has 6 atom stereocenters. The SMILES string of the molecule is CCCCCCCc1ccc(C(=O)O[C@@]2(C(=O)c3ccc(CCCCCCC)cc3)[C@@](OC(=O)c3ccc(CCCCCCC)cc3)(C(=O)c3ccc(CCCCCCC)cc3)[C@@H](O)[C@H](O)[C@@H](O)[C@@]2(OC(=O)c2ccc(CCCCCCC)cc2)C(=O)c2ccc(CCCCCCC)cc2)cc1. The van der Waals surface area contributed by atoms with E-state index < -0.39 is 70.4 Å². The average molecular weight is 1390 g/mol. The number of aliphatic hydroxyl groups excluding tert-OH is 3. The van der Waals surface area contributed by atoms with Crippen LogP contribution in [0, 0.1) is 0 Å². The van der Waals surface area contributed by atoms with E-state index in [0.29, 0.717) is 38.5 Å². The molecule has 0 saturated heterocycles. The Morgan fingerprint density at radius 2 is 0.441 bits per heavy atom. The fraction of sp³-hybridized carbons (Fsp3) is 0.533. The second kappa shape index (κ2) is 43.0. The molecule has 0 heterocycles.